The molecule has 194 valence electrons. The molecule has 7 nitrogen and oxygen atoms in total. The zero-order valence-electron chi connectivity index (χ0n) is 21.6. The van der Waals surface area contributed by atoms with E-state index in [0.29, 0.717) is 10.5 Å². The molecule has 0 bridgehead atoms. The molecular weight excluding hydrogens is 572 g/mol. The number of halogens is 1. The molecule has 0 saturated heterocycles. The molecule has 0 amide bonds. The number of aromatic amines is 1. The summed E-state index contributed by atoms with van der Waals surface area (Å²) in [6.07, 6.45) is 3.77. The first-order valence-corrected chi connectivity index (χ1v) is 14.1. The van der Waals surface area contributed by atoms with Crippen molar-refractivity contribution >= 4 is 50.1 Å². The van der Waals surface area contributed by atoms with E-state index in [2.05, 4.69) is 58.2 Å². The standard InChI is InChI=1S/C30H25BrN6OS/c1-19-9-11-21(12-10-19)27-18-39-30(36(27)33-17-22-16-32-26-14-13-23(31)15-25(22)26)34-28-20(2)35(3)37(29(28)38)24-7-5-4-6-8-24/h4-18,32H,1-3H3. The van der Waals surface area contributed by atoms with Gasteiger partial charge in [-0.1, -0.05) is 64.0 Å². The van der Waals surface area contributed by atoms with E-state index in [0.717, 1.165) is 43.6 Å². The van der Waals surface area contributed by atoms with Crippen LogP contribution in [-0.4, -0.2) is 25.2 Å². The Bertz CT molecular complexity index is 1970. The molecular formula is C30H25BrN6OS. The molecule has 1 N–H and O–H groups in total. The molecule has 0 radical (unpaired) electrons. The first-order chi connectivity index (χ1) is 18.9. The molecule has 6 rings (SSSR count). The molecule has 0 fully saturated rings. The summed E-state index contributed by atoms with van der Waals surface area (Å²) >= 11 is 5.02. The Labute approximate surface area is 237 Å². The molecule has 0 spiro atoms. The SMILES string of the molecule is Cc1ccc(-c2csc(=Nc3c(C)n(C)n(-c4ccccc4)c3=O)n2N=Cc2c[nH]c3ccc(Br)cc23)cc1. The maximum atomic E-state index is 13.6. The van der Waals surface area contributed by atoms with Crippen LogP contribution in [0.4, 0.5) is 5.69 Å². The van der Waals surface area contributed by atoms with Gasteiger partial charge in [0, 0.05) is 45.1 Å². The van der Waals surface area contributed by atoms with Crippen molar-refractivity contribution in [2.24, 2.45) is 17.1 Å². The summed E-state index contributed by atoms with van der Waals surface area (Å²) < 4.78 is 6.28. The topological polar surface area (TPSA) is 72.4 Å². The third-order valence-corrected chi connectivity index (χ3v) is 8.06. The number of H-pyrrole nitrogens is 1. The molecule has 0 unspecified atom stereocenters. The largest absolute Gasteiger partial charge is 0.361 e. The van der Waals surface area contributed by atoms with Gasteiger partial charge in [-0.15, -0.1) is 11.3 Å². The van der Waals surface area contributed by atoms with Gasteiger partial charge in [0.25, 0.3) is 5.56 Å². The van der Waals surface area contributed by atoms with Gasteiger partial charge in [0.2, 0.25) is 4.80 Å². The number of aromatic nitrogens is 4. The predicted octanol–water partition coefficient (Wildman–Crippen LogP) is 6.68. The van der Waals surface area contributed by atoms with E-state index < -0.39 is 0 Å². The summed E-state index contributed by atoms with van der Waals surface area (Å²) in [4.78, 5) is 22.4. The average Bonchev–Trinajstić information content (AvgIpc) is 3.59. The number of aryl methyl sites for hydroxylation is 1. The van der Waals surface area contributed by atoms with Gasteiger partial charge in [0.1, 0.15) is 0 Å². The van der Waals surface area contributed by atoms with Crippen molar-refractivity contribution in [2.45, 2.75) is 13.8 Å². The Kier molecular flexibility index (Phi) is 6.54. The molecule has 3 aromatic heterocycles. The Morgan fingerprint density at radius 1 is 1.00 bits per heavy atom. The van der Waals surface area contributed by atoms with E-state index in [4.69, 9.17) is 10.1 Å². The summed E-state index contributed by atoms with van der Waals surface area (Å²) in [6, 6.07) is 24.0. The van der Waals surface area contributed by atoms with Crippen LogP contribution in [0.15, 0.2) is 104 Å². The maximum Gasteiger partial charge on any atom is 0.297 e. The fourth-order valence-electron chi connectivity index (χ4n) is 4.53. The van der Waals surface area contributed by atoms with Gasteiger partial charge >= 0.3 is 0 Å². The lowest BCUT2D eigenvalue weighted by atomic mass is 10.1. The van der Waals surface area contributed by atoms with Gasteiger partial charge < -0.3 is 4.98 Å². The van der Waals surface area contributed by atoms with Crippen molar-refractivity contribution in [1.82, 2.24) is 19.0 Å². The molecule has 3 heterocycles. The highest BCUT2D eigenvalue weighted by Gasteiger charge is 2.17. The normalized spacial score (nSPS) is 12.3. The minimum Gasteiger partial charge on any atom is -0.361 e. The minimum atomic E-state index is -0.177. The van der Waals surface area contributed by atoms with Gasteiger partial charge in [0.05, 0.1) is 23.3 Å². The summed E-state index contributed by atoms with van der Waals surface area (Å²) in [6.45, 7) is 3.97. The van der Waals surface area contributed by atoms with E-state index in [1.165, 1.54) is 16.9 Å². The molecule has 0 atom stereocenters. The highest BCUT2D eigenvalue weighted by Crippen LogP contribution is 2.24. The Morgan fingerprint density at radius 3 is 2.54 bits per heavy atom. The van der Waals surface area contributed by atoms with Crippen molar-refractivity contribution in [3.05, 3.63) is 121 Å². The maximum absolute atomic E-state index is 13.6. The molecule has 6 aromatic rings. The first kappa shape index (κ1) is 25.1. The Balaban J connectivity index is 1.53. The number of hydrogen-bond donors (Lipinski definition) is 1. The monoisotopic (exact) mass is 596 g/mol. The van der Waals surface area contributed by atoms with E-state index in [-0.39, 0.29) is 5.56 Å². The number of fused-ring (bicyclic) bond motifs is 1. The van der Waals surface area contributed by atoms with Crippen molar-refractivity contribution < 1.29 is 0 Å². The van der Waals surface area contributed by atoms with Crippen molar-refractivity contribution in [3.8, 4) is 16.9 Å². The van der Waals surface area contributed by atoms with Gasteiger partial charge in [-0.25, -0.2) is 14.4 Å². The number of benzene rings is 3. The van der Waals surface area contributed by atoms with Gasteiger partial charge in [0.15, 0.2) is 5.69 Å². The zero-order chi connectivity index (χ0) is 27.1. The summed E-state index contributed by atoms with van der Waals surface area (Å²) in [5.74, 6) is 0. The average molecular weight is 598 g/mol. The molecule has 39 heavy (non-hydrogen) atoms. The predicted molar refractivity (Wildman–Crippen MR) is 162 cm³/mol. The van der Waals surface area contributed by atoms with Crippen LogP contribution in [-0.2, 0) is 7.05 Å². The fourth-order valence-corrected chi connectivity index (χ4v) is 5.73. The quantitative estimate of drug-likeness (QED) is 0.221. The van der Waals surface area contributed by atoms with Crippen LogP contribution in [0.2, 0.25) is 0 Å². The van der Waals surface area contributed by atoms with Crippen LogP contribution in [0.1, 0.15) is 16.8 Å². The summed E-state index contributed by atoms with van der Waals surface area (Å²) in [7, 11) is 1.87. The van der Waals surface area contributed by atoms with E-state index in [9.17, 15) is 4.79 Å². The molecule has 0 aliphatic carbocycles. The lowest BCUT2D eigenvalue weighted by molar-refractivity contribution is 0.630. The zero-order valence-corrected chi connectivity index (χ0v) is 24.0. The van der Waals surface area contributed by atoms with E-state index in [1.54, 1.807) is 4.68 Å². The molecule has 0 saturated carbocycles. The van der Waals surface area contributed by atoms with Crippen molar-refractivity contribution in [2.75, 3.05) is 0 Å². The van der Waals surface area contributed by atoms with Crippen LogP contribution in [0.5, 0.6) is 0 Å². The smallest absolute Gasteiger partial charge is 0.297 e. The lowest BCUT2D eigenvalue weighted by Gasteiger charge is -2.07. The van der Waals surface area contributed by atoms with E-state index in [1.807, 2.05) is 83.6 Å². The minimum absolute atomic E-state index is 0.177. The second kappa shape index (κ2) is 10.2. The van der Waals surface area contributed by atoms with Crippen LogP contribution < -0.4 is 10.4 Å². The van der Waals surface area contributed by atoms with Gasteiger partial charge in [-0.3, -0.25) is 9.48 Å². The summed E-state index contributed by atoms with van der Waals surface area (Å²) in [5.41, 5.74) is 6.84. The number of hydrogen-bond acceptors (Lipinski definition) is 4. The van der Waals surface area contributed by atoms with Crippen LogP contribution in [0.25, 0.3) is 27.8 Å². The van der Waals surface area contributed by atoms with Crippen LogP contribution >= 0.6 is 27.3 Å². The van der Waals surface area contributed by atoms with Gasteiger partial charge in [-0.05, 0) is 44.2 Å². The number of nitrogens with one attached hydrogen (secondary N) is 1. The summed E-state index contributed by atoms with van der Waals surface area (Å²) in [5, 5.41) is 7.98. The fraction of sp³-hybridized carbons (Fsp3) is 0.100. The Morgan fingerprint density at radius 2 is 1.77 bits per heavy atom. The van der Waals surface area contributed by atoms with E-state index >= 15 is 0 Å². The third-order valence-electron chi connectivity index (χ3n) is 6.75. The third kappa shape index (κ3) is 4.64. The number of nitrogens with zero attached hydrogens (tertiary/aromatic N) is 5. The number of para-hydroxylation sites is 1. The highest BCUT2D eigenvalue weighted by atomic mass is 79.9. The van der Waals surface area contributed by atoms with Crippen LogP contribution in [0.3, 0.4) is 0 Å². The molecule has 3 aromatic carbocycles. The Hall–Kier alpha value is -4.21. The second-order valence-electron chi connectivity index (χ2n) is 9.28. The van der Waals surface area contributed by atoms with Crippen LogP contribution in [0, 0.1) is 13.8 Å². The number of thiazole rings is 1. The number of rotatable bonds is 5. The first-order valence-electron chi connectivity index (χ1n) is 12.4. The molecule has 9 heteroatoms. The lowest BCUT2D eigenvalue weighted by Crippen LogP contribution is -2.19. The molecule has 0 aliphatic rings. The highest BCUT2D eigenvalue weighted by molar-refractivity contribution is 9.10. The van der Waals surface area contributed by atoms with Crippen molar-refractivity contribution in [3.63, 3.8) is 0 Å². The second-order valence-corrected chi connectivity index (χ2v) is 11.0. The van der Waals surface area contributed by atoms with Crippen molar-refractivity contribution in [1.29, 1.82) is 0 Å². The van der Waals surface area contributed by atoms with Gasteiger partial charge in [-0.2, -0.15) is 5.10 Å². The molecule has 0 aliphatic heterocycles.